The minimum Gasteiger partial charge on any atom is -0.389 e. The van der Waals surface area contributed by atoms with Gasteiger partial charge in [0.2, 0.25) is 10.0 Å². The summed E-state index contributed by atoms with van der Waals surface area (Å²) < 4.78 is 33.4. The van der Waals surface area contributed by atoms with Gasteiger partial charge in [0.25, 0.3) is 5.56 Å². The van der Waals surface area contributed by atoms with E-state index in [1.807, 2.05) is 4.90 Å². The number of β-amino-alcohol motifs (C(OH)–C–C–N with tert-alkyl or cyclic N) is 1. The molecule has 1 saturated heterocycles. The van der Waals surface area contributed by atoms with Crippen LogP contribution in [-0.2, 0) is 14.8 Å². The average Bonchev–Trinajstić information content (AvgIpc) is 2.78. The zero-order valence-corrected chi connectivity index (χ0v) is 18.8. The van der Waals surface area contributed by atoms with E-state index < -0.39 is 27.4 Å². The Hall–Kier alpha value is -2.05. The lowest BCUT2D eigenvalue weighted by atomic mass is 9.98. The number of aromatic amines is 2. The second kappa shape index (κ2) is 9.84. The highest BCUT2D eigenvalue weighted by molar-refractivity contribution is 7.89. The Morgan fingerprint density at radius 3 is 2.50 bits per heavy atom. The fourth-order valence-corrected chi connectivity index (χ4v) is 5.88. The molecule has 1 saturated carbocycles. The fraction of sp³-hybridized carbons (Fsp3) is 0.619. The number of ether oxygens (including phenoxy) is 1. The molecule has 0 radical (unpaired) electrons. The zero-order chi connectivity index (χ0) is 22.7. The molecule has 32 heavy (non-hydrogen) atoms. The molecule has 2 heterocycles. The minimum absolute atomic E-state index is 0.0110. The summed E-state index contributed by atoms with van der Waals surface area (Å²) >= 11 is 0. The molecule has 2 aliphatic rings. The van der Waals surface area contributed by atoms with E-state index in [0.29, 0.717) is 39.3 Å². The van der Waals surface area contributed by atoms with E-state index in [0.717, 1.165) is 12.8 Å². The van der Waals surface area contributed by atoms with Crippen LogP contribution in [0.3, 0.4) is 0 Å². The van der Waals surface area contributed by atoms with Gasteiger partial charge in [0, 0.05) is 32.7 Å². The number of nitrogens with zero attached hydrogens (tertiary/aromatic N) is 2. The van der Waals surface area contributed by atoms with Crippen LogP contribution in [0.4, 0.5) is 0 Å². The molecule has 4 rings (SSSR count). The highest BCUT2D eigenvalue weighted by Gasteiger charge is 2.29. The van der Waals surface area contributed by atoms with Crippen LogP contribution in [0.1, 0.15) is 32.1 Å². The molecule has 1 aliphatic heterocycles. The molecule has 1 aliphatic carbocycles. The molecule has 11 heteroatoms. The highest BCUT2D eigenvalue weighted by Crippen LogP contribution is 2.22. The third-order valence-electron chi connectivity index (χ3n) is 6.23. The van der Waals surface area contributed by atoms with Crippen LogP contribution in [0.5, 0.6) is 0 Å². The molecule has 10 nitrogen and oxygen atoms in total. The van der Waals surface area contributed by atoms with Gasteiger partial charge in [-0.25, -0.2) is 13.2 Å². The molecule has 2 fully saturated rings. The molecular formula is C21H30N4O6S. The van der Waals surface area contributed by atoms with Crippen molar-refractivity contribution in [3.8, 4) is 0 Å². The topological polar surface area (TPSA) is 136 Å². The number of piperazine rings is 1. The standard InChI is InChI=1S/C21H30N4O6S/c26-15(14-31-16-4-2-1-3-5-16)13-24-8-10-25(11-9-24)32(29,30)17-6-7-19-18(12-17)20(27)23-21(28)22-19/h6-7,12,15-16,26H,1-5,8-11,13-14H2,(H2,22,23,27,28)/t15-/m0/s1. The first-order chi connectivity index (χ1) is 15.3. The summed E-state index contributed by atoms with van der Waals surface area (Å²) in [6.45, 7) is 2.33. The van der Waals surface area contributed by atoms with E-state index in [9.17, 15) is 23.1 Å². The Morgan fingerprint density at radius 1 is 1.06 bits per heavy atom. The number of hydrogen-bond donors (Lipinski definition) is 3. The summed E-state index contributed by atoms with van der Waals surface area (Å²) in [6.07, 6.45) is 5.37. The maximum Gasteiger partial charge on any atom is 0.326 e. The quantitative estimate of drug-likeness (QED) is 0.532. The third-order valence-corrected chi connectivity index (χ3v) is 8.12. The summed E-state index contributed by atoms with van der Waals surface area (Å²) in [5, 5.41) is 10.4. The van der Waals surface area contributed by atoms with Gasteiger partial charge < -0.3 is 14.8 Å². The number of aliphatic hydroxyl groups is 1. The van der Waals surface area contributed by atoms with Crippen molar-refractivity contribution in [3.05, 3.63) is 39.0 Å². The second-order valence-electron chi connectivity index (χ2n) is 8.57. The first-order valence-corrected chi connectivity index (χ1v) is 12.6. The number of aliphatic hydroxyl groups excluding tert-OH is 1. The van der Waals surface area contributed by atoms with Crippen LogP contribution in [0, 0.1) is 0 Å². The maximum atomic E-state index is 13.1. The summed E-state index contributed by atoms with van der Waals surface area (Å²) in [6, 6.07) is 4.11. The largest absolute Gasteiger partial charge is 0.389 e. The summed E-state index contributed by atoms with van der Waals surface area (Å²) in [5.41, 5.74) is -0.984. The van der Waals surface area contributed by atoms with Crippen molar-refractivity contribution in [2.75, 3.05) is 39.3 Å². The van der Waals surface area contributed by atoms with Gasteiger partial charge in [-0.1, -0.05) is 19.3 Å². The number of H-pyrrole nitrogens is 2. The van der Waals surface area contributed by atoms with Gasteiger partial charge in [0.15, 0.2) is 0 Å². The lowest BCUT2D eigenvalue weighted by molar-refractivity contribution is -0.0353. The van der Waals surface area contributed by atoms with Crippen molar-refractivity contribution in [1.29, 1.82) is 0 Å². The van der Waals surface area contributed by atoms with E-state index in [2.05, 4.69) is 9.97 Å². The summed E-state index contributed by atoms with van der Waals surface area (Å²) in [4.78, 5) is 30.1. The lowest BCUT2D eigenvalue weighted by Gasteiger charge is -2.35. The van der Waals surface area contributed by atoms with Crippen molar-refractivity contribution < 1.29 is 18.3 Å². The molecule has 2 aromatic rings. The van der Waals surface area contributed by atoms with E-state index >= 15 is 0 Å². The summed E-state index contributed by atoms with van der Waals surface area (Å²) in [5.74, 6) is 0. The highest BCUT2D eigenvalue weighted by atomic mass is 32.2. The smallest absolute Gasteiger partial charge is 0.326 e. The van der Waals surface area contributed by atoms with Crippen LogP contribution in [0.15, 0.2) is 32.7 Å². The monoisotopic (exact) mass is 466 g/mol. The molecule has 0 unspecified atom stereocenters. The van der Waals surface area contributed by atoms with E-state index in [1.54, 1.807) is 0 Å². The first-order valence-electron chi connectivity index (χ1n) is 11.1. The second-order valence-corrected chi connectivity index (χ2v) is 10.5. The van der Waals surface area contributed by atoms with Gasteiger partial charge in [-0.3, -0.25) is 14.7 Å². The molecule has 1 atom stereocenters. The number of rotatable bonds is 7. The molecule has 0 spiro atoms. The number of nitrogens with one attached hydrogen (secondary N) is 2. The number of fused-ring (bicyclic) bond motifs is 1. The molecular weight excluding hydrogens is 436 g/mol. The van der Waals surface area contributed by atoms with Crippen LogP contribution < -0.4 is 11.2 Å². The predicted octanol–water partition coefficient (Wildman–Crippen LogP) is 0.233. The molecule has 0 bridgehead atoms. The molecule has 1 aromatic heterocycles. The predicted molar refractivity (Wildman–Crippen MR) is 119 cm³/mol. The first kappa shape index (κ1) is 23.1. The number of sulfonamides is 1. The average molecular weight is 467 g/mol. The van der Waals surface area contributed by atoms with Crippen LogP contribution in [0.2, 0.25) is 0 Å². The van der Waals surface area contributed by atoms with Crippen LogP contribution >= 0.6 is 0 Å². The zero-order valence-electron chi connectivity index (χ0n) is 18.0. The Bertz CT molecular complexity index is 1150. The van der Waals surface area contributed by atoms with Gasteiger partial charge in [-0.2, -0.15) is 4.31 Å². The van der Waals surface area contributed by atoms with Crippen molar-refractivity contribution in [2.45, 2.75) is 49.2 Å². The van der Waals surface area contributed by atoms with E-state index in [1.165, 1.54) is 41.8 Å². The maximum absolute atomic E-state index is 13.1. The van der Waals surface area contributed by atoms with Crippen molar-refractivity contribution in [2.24, 2.45) is 0 Å². The lowest BCUT2D eigenvalue weighted by Crippen LogP contribution is -2.50. The molecule has 1 aromatic carbocycles. The SMILES string of the molecule is O=c1[nH]c(=O)c2cc(S(=O)(=O)N3CCN(C[C@H](O)COC4CCCCC4)CC3)ccc2[nH]1. The third kappa shape index (κ3) is 5.29. The Labute approximate surface area is 186 Å². The van der Waals surface area contributed by atoms with Gasteiger partial charge in [-0.15, -0.1) is 0 Å². The Morgan fingerprint density at radius 2 is 1.78 bits per heavy atom. The van der Waals surface area contributed by atoms with Gasteiger partial charge in [-0.05, 0) is 31.0 Å². The Balaban J connectivity index is 1.33. The van der Waals surface area contributed by atoms with Crippen LogP contribution in [0.25, 0.3) is 10.9 Å². The fourth-order valence-electron chi connectivity index (χ4n) is 4.44. The number of aromatic nitrogens is 2. The van der Waals surface area contributed by atoms with Gasteiger partial charge in [0.1, 0.15) is 0 Å². The van der Waals surface area contributed by atoms with Crippen molar-refractivity contribution >= 4 is 20.9 Å². The molecule has 176 valence electrons. The number of hydrogen-bond acceptors (Lipinski definition) is 7. The normalized spacial score (nSPS) is 20.5. The molecule has 0 amide bonds. The van der Waals surface area contributed by atoms with E-state index in [-0.39, 0.29) is 21.9 Å². The van der Waals surface area contributed by atoms with Gasteiger partial charge in [0.05, 0.1) is 34.6 Å². The van der Waals surface area contributed by atoms with Gasteiger partial charge >= 0.3 is 5.69 Å². The van der Waals surface area contributed by atoms with Crippen molar-refractivity contribution in [3.63, 3.8) is 0 Å². The minimum atomic E-state index is -3.78. The van der Waals surface area contributed by atoms with E-state index in [4.69, 9.17) is 4.74 Å². The number of benzene rings is 1. The molecule has 3 N–H and O–H groups in total. The summed E-state index contributed by atoms with van der Waals surface area (Å²) in [7, 11) is -3.78. The van der Waals surface area contributed by atoms with Crippen LogP contribution in [-0.4, -0.2) is 84.2 Å². The van der Waals surface area contributed by atoms with Crippen molar-refractivity contribution in [1.82, 2.24) is 19.2 Å². The Kier molecular flexibility index (Phi) is 7.11.